The molecule has 19 heavy (non-hydrogen) atoms. The number of rotatable bonds is 6. The number of carbonyl (C=O) groups is 1. The molecule has 106 valence electrons. The molecule has 0 aliphatic heterocycles. The molecular formula is C13H18ClNO4. The fourth-order valence-corrected chi connectivity index (χ4v) is 1.58. The van der Waals surface area contributed by atoms with Crippen molar-refractivity contribution in [2.24, 2.45) is 0 Å². The third-order valence-electron chi connectivity index (χ3n) is 2.30. The molecule has 0 aliphatic rings. The summed E-state index contributed by atoms with van der Waals surface area (Å²) in [7, 11) is 3.03. The molecule has 0 atom stereocenters. The van der Waals surface area contributed by atoms with E-state index in [0.717, 1.165) is 0 Å². The van der Waals surface area contributed by atoms with Crippen LogP contribution in [0.1, 0.15) is 13.8 Å². The zero-order valence-corrected chi connectivity index (χ0v) is 12.2. The van der Waals surface area contributed by atoms with Gasteiger partial charge in [0.05, 0.1) is 31.0 Å². The van der Waals surface area contributed by atoms with Gasteiger partial charge in [-0.2, -0.15) is 0 Å². The number of hydrogen-bond acceptors (Lipinski definition) is 4. The van der Waals surface area contributed by atoms with Crippen LogP contribution in [0, 0.1) is 0 Å². The molecule has 1 rings (SSSR count). The summed E-state index contributed by atoms with van der Waals surface area (Å²) in [4.78, 5) is 11.7. The van der Waals surface area contributed by atoms with E-state index in [9.17, 15) is 4.79 Å². The van der Waals surface area contributed by atoms with Crippen LogP contribution in [0.4, 0.5) is 5.69 Å². The number of amides is 1. The smallest absolute Gasteiger partial charge is 0.250 e. The lowest BCUT2D eigenvalue weighted by atomic mass is 10.2. The molecule has 0 aromatic heterocycles. The topological polar surface area (TPSA) is 56.8 Å². The number of benzene rings is 1. The van der Waals surface area contributed by atoms with E-state index < -0.39 is 0 Å². The van der Waals surface area contributed by atoms with Gasteiger partial charge in [-0.3, -0.25) is 4.79 Å². The second kappa shape index (κ2) is 7.21. The lowest BCUT2D eigenvalue weighted by Gasteiger charge is -2.13. The molecular weight excluding hydrogens is 270 g/mol. The Balaban J connectivity index is 2.80. The summed E-state index contributed by atoms with van der Waals surface area (Å²) in [5.74, 6) is 0.721. The highest BCUT2D eigenvalue weighted by atomic mass is 35.5. The standard InChI is InChI=1S/C13H18ClNO4/c1-8(2)19-7-13(16)15-10-6-12(18-4)11(17-3)5-9(10)14/h5-6,8H,7H2,1-4H3,(H,15,16). The molecule has 0 radical (unpaired) electrons. The fourth-order valence-electron chi connectivity index (χ4n) is 1.38. The number of ether oxygens (including phenoxy) is 3. The van der Waals surface area contributed by atoms with Gasteiger partial charge in [0.25, 0.3) is 0 Å². The summed E-state index contributed by atoms with van der Waals surface area (Å²) in [5, 5.41) is 3.03. The Morgan fingerprint density at radius 1 is 1.26 bits per heavy atom. The molecule has 1 aromatic rings. The van der Waals surface area contributed by atoms with Gasteiger partial charge in [-0.25, -0.2) is 0 Å². The average molecular weight is 288 g/mol. The van der Waals surface area contributed by atoms with Crippen LogP contribution in [0.3, 0.4) is 0 Å². The zero-order chi connectivity index (χ0) is 14.4. The fraction of sp³-hybridized carbons (Fsp3) is 0.462. The Morgan fingerprint density at radius 2 is 1.84 bits per heavy atom. The summed E-state index contributed by atoms with van der Waals surface area (Å²) >= 11 is 6.05. The van der Waals surface area contributed by atoms with Crippen LogP contribution in [0.5, 0.6) is 11.5 Å². The molecule has 0 unspecified atom stereocenters. The van der Waals surface area contributed by atoms with Gasteiger partial charge in [0.15, 0.2) is 11.5 Å². The molecule has 0 aliphatic carbocycles. The summed E-state index contributed by atoms with van der Waals surface area (Å²) in [6.45, 7) is 3.69. The van der Waals surface area contributed by atoms with E-state index in [-0.39, 0.29) is 18.6 Å². The quantitative estimate of drug-likeness (QED) is 0.874. The minimum atomic E-state index is -0.275. The van der Waals surface area contributed by atoms with E-state index in [4.69, 9.17) is 25.8 Å². The molecule has 6 heteroatoms. The normalized spacial score (nSPS) is 10.4. The van der Waals surface area contributed by atoms with Crippen LogP contribution in [0.25, 0.3) is 0 Å². The molecule has 1 N–H and O–H groups in total. The molecule has 0 saturated heterocycles. The Bertz CT molecular complexity index is 449. The van der Waals surface area contributed by atoms with Gasteiger partial charge in [0, 0.05) is 12.1 Å². The summed E-state index contributed by atoms with van der Waals surface area (Å²) < 4.78 is 15.5. The van der Waals surface area contributed by atoms with E-state index in [0.29, 0.717) is 22.2 Å². The maximum Gasteiger partial charge on any atom is 0.250 e. The van der Waals surface area contributed by atoms with Gasteiger partial charge in [-0.15, -0.1) is 0 Å². The molecule has 0 bridgehead atoms. The van der Waals surface area contributed by atoms with Gasteiger partial charge in [-0.05, 0) is 13.8 Å². The van der Waals surface area contributed by atoms with Crippen LogP contribution < -0.4 is 14.8 Å². The van der Waals surface area contributed by atoms with Gasteiger partial charge in [-0.1, -0.05) is 11.6 Å². The highest BCUT2D eigenvalue weighted by Gasteiger charge is 2.12. The molecule has 0 fully saturated rings. The Morgan fingerprint density at radius 3 is 2.37 bits per heavy atom. The van der Waals surface area contributed by atoms with Crippen molar-refractivity contribution in [1.29, 1.82) is 0 Å². The van der Waals surface area contributed by atoms with E-state index in [2.05, 4.69) is 5.32 Å². The van der Waals surface area contributed by atoms with E-state index in [1.165, 1.54) is 14.2 Å². The van der Waals surface area contributed by atoms with Gasteiger partial charge in [0.2, 0.25) is 5.91 Å². The van der Waals surface area contributed by atoms with Crippen molar-refractivity contribution in [2.45, 2.75) is 20.0 Å². The minimum absolute atomic E-state index is 0.00775. The first kappa shape index (κ1) is 15.6. The second-order valence-corrected chi connectivity index (χ2v) is 4.50. The summed E-state index contributed by atoms with van der Waals surface area (Å²) in [6, 6.07) is 3.19. The highest BCUT2D eigenvalue weighted by molar-refractivity contribution is 6.34. The van der Waals surface area contributed by atoms with Gasteiger partial charge >= 0.3 is 0 Å². The monoisotopic (exact) mass is 287 g/mol. The minimum Gasteiger partial charge on any atom is -0.493 e. The molecule has 1 amide bonds. The van der Waals surface area contributed by atoms with Crippen molar-refractivity contribution in [1.82, 2.24) is 0 Å². The van der Waals surface area contributed by atoms with Crippen molar-refractivity contribution < 1.29 is 19.0 Å². The predicted molar refractivity (Wildman–Crippen MR) is 74.3 cm³/mol. The SMILES string of the molecule is COc1cc(Cl)c(NC(=O)COC(C)C)cc1OC. The summed E-state index contributed by atoms with van der Waals surface area (Å²) in [6.07, 6.45) is -0.00775. The highest BCUT2D eigenvalue weighted by Crippen LogP contribution is 2.35. The number of nitrogens with one attached hydrogen (secondary N) is 1. The number of methoxy groups -OCH3 is 2. The first-order valence-electron chi connectivity index (χ1n) is 5.81. The predicted octanol–water partition coefficient (Wildman–Crippen LogP) is 2.72. The van der Waals surface area contributed by atoms with Gasteiger partial charge < -0.3 is 19.5 Å². The lowest BCUT2D eigenvalue weighted by Crippen LogP contribution is -2.20. The van der Waals surface area contributed by atoms with Crippen LogP contribution in [-0.4, -0.2) is 32.8 Å². The largest absolute Gasteiger partial charge is 0.493 e. The van der Waals surface area contributed by atoms with Crippen LogP contribution in [0.2, 0.25) is 5.02 Å². The van der Waals surface area contributed by atoms with E-state index in [1.807, 2.05) is 13.8 Å². The Labute approximate surface area is 117 Å². The van der Waals surface area contributed by atoms with Gasteiger partial charge in [0.1, 0.15) is 6.61 Å². The van der Waals surface area contributed by atoms with Crippen molar-refractivity contribution in [3.8, 4) is 11.5 Å². The molecule has 0 spiro atoms. The number of carbonyl (C=O) groups excluding carboxylic acids is 1. The third kappa shape index (κ3) is 4.61. The zero-order valence-electron chi connectivity index (χ0n) is 11.5. The van der Waals surface area contributed by atoms with Crippen LogP contribution in [0.15, 0.2) is 12.1 Å². The van der Waals surface area contributed by atoms with Crippen molar-refractivity contribution >= 4 is 23.2 Å². The maximum absolute atomic E-state index is 11.7. The molecule has 5 nitrogen and oxygen atoms in total. The number of hydrogen-bond donors (Lipinski definition) is 1. The molecule has 1 aromatic carbocycles. The molecule has 0 saturated carbocycles. The first-order valence-corrected chi connectivity index (χ1v) is 6.18. The molecule has 0 heterocycles. The van der Waals surface area contributed by atoms with E-state index in [1.54, 1.807) is 12.1 Å². The third-order valence-corrected chi connectivity index (χ3v) is 2.61. The van der Waals surface area contributed by atoms with Crippen molar-refractivity contribution in [3.05, 3.63) is 17.2 Å². The average Bonchev–Trinajstić information content (AvgIpc) is 2.38. The van der Waals surface area contributed by atoms with E-state index >= 15 is 0 Å². The van der Waals surface area contributed by atoms with Crippen molar-refractivity contribution in [3.63, 3.8) is 0 Å². The lowest BCUT2D eigenvalue weighted by molar-refractivity contribution is -0.121. The Kier molecular flexibility index (Phi) is 5.92. The Hall–Kier alpha value is -1.46. The van der Waals surface area contributed by atoms with Crippen LogP contribution in [-0.2, 0) is 9.53 Å². The maximum atomic E-state index is 11.7. The first-order chi connectivity index (χ1) is 8.97. The van der Waals surface area contributed by atoms with Crippen molar-refractivity contribution in [2.75, 3.05) is 26.1 Å². The summed E-state index contributed by atoms with van der Waals surface area (Å²) in [5.41, 5.74) is 0.455. The van der Waals surface area contributed by atoms with Crippen LogP contribution >= 0.6 is 11.6 Å². The number of anilines is 1. The second-order valence-electron chi connectivity index (χ2n) is 4.09. The number of halogens is 1.